The Bertz CT molecular complexity index is 470. The van der Waals surface area contributed by atoms with Gasteiger partial charge in [-0.15, -0.1) is 12.4 Å². The van der Waals surface area contributed by atoms with Crippen molar-refractivity contribution in [1.29, 1.82) is 0 Å². The second-order valence-corrected chi connectivity index (χ2v) is 4.43. The van der Waals surface area contributed by atoms with Gasteiger partial charge < -0.3 is 10.5 Å². The van der Waals surface area contributed by atoms with E-state index < -0.39 is 0 Å². The summed E-state index contributed by atoms with van der Waals surface area (Å²) in [6.07, 6.45) is 1.92. The molecule has 0 aromatic heterocycles. The number of hydrogen-bond donors (Lipinski definition) is 1. The molecule has 0 fully saturated rings. The fourth-order valence-electron chi connectivity index (χ4n) is 1.77. The first-order valence-corrected chi connectivity index (χ1v) is 6.35. The quantitative estimate of drug-likeness (QED) is 0.890. The molecule has 0 aliphatic rings. The van der Waals surface area contributed by atoms with Gasteiger partial charge in [0, 0.05) is 6.04 Å². The van der Waals surface area contributed by atoms with E-state index in [-0.39, 0.29) is 18.4 Å². The summed E-state index contributed by atoms with van der Waals surface area (Å²) in [7, 11) is 0. The Morgan fingerprint density at radius 1 is 0.947 bits per heavy atom. The van der Waals surface area contributed by atoms with Gasteiger partial charge in [-0.25, -0.2) is 0 Å². The predicted molar refractivity (Wildman–Crippen MR) is 82.2 cm³/mol. The molecule has 19 heavy (non-hydrogen) atoms. The highest BCUT2D eigenvalue weighted by Crippen LogP contribution is 2.21. The van der Waals surface area contributed by atoms with Crippen LogP contribution in [-0.4, -0.2) is 6.04 Å². The normalized spacial score (nSPS) is 11.5. The van der Waals surface area contributed by atoms with Gasteiger partial charge in [0.15, 0.2) is 0 Å². The van der Waals surface area contributed by atoms with E-state index in [1.807, 2.05) is 42.5 Å². The Morgan fingerprint density at radius 3 is 2.11 bits per heavy atom. The van der Waals surface area contributed by atoms with Crippen molar-refractivity contribution in [3.8, 4) is 11.5 Å². The van der Waals surface area contributed by atoms with Gasteiger partial charge in [0.2, 0.25) is 0 Å². The van der Waals surface area contributed by atoms with E-state index in [4.69, 9.17) is 10.5 Å². The van der Waals surface area contributed by atoms with Crippen LogP contribution in [0.5, 0.6) is 11.5 Å². The molecular formula is C16H20ClNO. The maximum Gasteiger partial charge on any atom is 0.127 e. The van der Waals surface area contributed by atoms with Crippen LogP contribution in [0.25, 0.3) is 0 Å². The standard InChI is InChI=1S/C16H19NO.ClH/c1-2-14(17)12-13-8-10-16(11-9-13)18-15-6-4-3-5-7-15;/h3-11,14H,2,12,17H2,1H3;1H. The largest absolute Gasteiger partial charge is 0.457 e. The Balaban J connectivity index is 0.00000180. The third kappa shape index (κ3) is 4.93. The molecule has 0 spiro atoms. The molecule has 0 saturated heterocycles. The number of para-hydroxylation sites is 1. The van der Waals surface area contributed by atoms with E-state index in [1.54, 1.807) is 0 Å². The molecule has 0 amide bonds. The first kappa shape index (κ1) is 15.5. The monoisotopic (exact) mass is 277 g/mol. The zero-order valence-corrected chi connectivity index (χ0v) is 11.9. The van der Waals surface area contributed by atoms with Crippen LogP contribution < -0.4 is 10.5 Å². The minimum atomic E-state index is 0. The van der Waals surface area contributed by atoms with Crippen molar-refractivity contribution in [2.75, 3.05) is 0 Å². The number of rotatable bonds is 5. The molecule has 1 unspecified atom stereocenters. The van der Waals surface area contributed by atoms with Gasteiger partial charge in [-0.3, -0.25) is 0 Å². The van der Waals surface area contributed by atoms with E-state index >= 15 is 0 Å². The third-order valence-corrected chi connectivity index (χ3v) is 2.92. The number of benzene rings is 2. The highest BCUT2D eigenvalue weighted by molar-refractivity contribution is 5.85. The van der Waals surface area contributed by atoms with Crippen LogP contribution in [0, 0.1) is 0 Å². The molecule has 0 bridgehead atoms. The summed E-state index contributed by atoms with van der Waals surface area (Å²) in [5, 5.41) is 0. The van der Waals surface area contributed by atoms with Crippen LogP contribution in [0.1, 0.15) is 18.9 Å². The fraction of sp³-hybridized carbons (Fsp3) is 0.250. The molecule has 0 saturated carbocycles. The van der Waals surface area contributed by atoms with Crippen molar-refractivity contribution in [1.82, 2.24) is 0 Å². The number of hydrogen-bond acceptors (Lipinski definition) is 2. The topological polar surface area (TPSA) is 35.2 Å². The van der Waals surface area contributed by atoms with Gasteiger partial charge in [-0.2, -0.15) is 0 Å². The van der Waals surface area contributed by atoms with Crippen LogP contribution >= 0.6 is 12.4 Å². The molecule has 102 valence electrons. The molecule has 1 atom stereocenters. The molecule has 2 aromatic rings. The van der Waals surface area contributed by atoms with Gasteiger partial charge in [-0.05, 0) is 42.7 Å². The van der Waals surface area contributed by atoms with Crippen LogP contribution in [0.4, 0.5) is 0 Å². The van der Waals surface area contributed by atoms with Crippen LogP contribution in [0.2, 0.25) is 0 Å². The van der Waals surface area contributed by atoms with E-state index in [9.17, 15) is 0 Å². The van der Waals surface area contributed by atoms with Crippen LogP contribution in [0.3, 0.4) is 0 Å². The maximum absolute atomic E-state index is 5.94. The van der Waals surface area contributed by atoms with Gasteiger partial charge >= 0.3 is 0 Å². The molecule has 2 rings (SSSR count). The lowest BCUT2D eigenvalue weighted by atomic mass is 10.0. The molecule has 2 N–H and O–H groups in total. The zero-order valence-electron chi connectivity index (χ0n) is 11.1. The molecule has 0 radical (unpaired) electrons. The Kier molecular flexibility index (Phi) is 6.40. The molecular weight excluding hydrogens is 258 g/mol. The summed E-state index contributed by atoms with van der Waals surface area (Å²) in [6, 6.07) is 18.2. The molecule has 2 aromatic carbocycles. The van der Waals surface area contributed by atoms with Crippen molar-refractivity contribution < 1.29 is 4.74 Å². The number of nitrogens with two attached hydrogens (primary N) is 1. The van der Waals surface area contributed by atoms with Crippen molar-refractivity contribution >= 4 is 12.4 Å². The molecule has 3 heteroatoms. The van der Waals surface area contributed by atoms with Crippen molar-refractivity contribution in [3.05, 3.63) is 60.2 Å². The zero-order chi connectivity index (χ0) is 12.8. The van der Waals surface area contributed by atoms with Crippen molar-refractivity contribution in [2.24, 2.45) is 5.73 Å². The Labute approximate surface area is 121 Å². The molecule has 0 aliphatic heterocycles. The van der Waals surface area contributed by atoms with Gasteiger partial charge in [-0.1, -0.05) is 37.3 Å². The minimum Gasteiger partial charge on any atom is -0.457 e. The van der Waals surface area contributed by atoms with Gasteiger partial charge in [0.25, 0.3) is 0 Å². The van der Waals surface area contributed by atoms with Crippen molar-refractivity contribution in [2.45, 2.75) is 25.8 Å². The van der Waals surface area contributed by atoms with Crippen LogP contribution in [0.15, 0.2) is 54.6 Å². The Morgan fingerprint density at radius 2 is 1.53 bits per heavy atom. The van der Waals surface area contributed by atoms with Crippen LogP contribution in [-0.2, 0) is 6.42 Å². The summed E-state index contributed by atoms with van der Waals surface area (Å²) >= 11 is 0. The first-order valence-electron chi connectivity index (χ1n) is 6.35. The molecule has 0 aliphatic carbocycles. The van der Waals surface area contributed by atoms with E-state index in [0.717, 1.165) is 24.3 Å². The highest BCUT2D eigenvalue weighted by Gasteiger charge is 2.02. The predicted octanol–water partition coefficient (Wildman–Crippen LogP) is 4.18. The summed E-state index contributed by atoms with van der Waals surface area (Å²) in [4.78, 5) is 0. The summed E-state index contributed by atoms with van der Waals surface area (Å²) < 4.78 is 5.73. The highest BCUT2D eigenvalue weighted by atomic mass is 35.5. The van der Waals surface area contributed by atoms with E-state index in [2.05, 4.69) is 19.1 Å². The summed E-state index contributed by atoms with van der Waals surface area (Å²) in [5.74, 6) is 1.71. The SMILES string of the molecule is CCC(N)Cc1ccc(Oc2ccccc2)cc1.Cl. The fourth-order valence-corrected chi connectivity index (χ4v) is 1.77. The average molecular weight is 278 g/mol. The second-order valence-electron chi connectivity index (χ2n) is 4.43. The second kappa shape index (κ2) is 7.82. The number of halogens is 1. The maximum atomic E-state index is 5.94. The average Bonchev–Trinajstić information content (AvgIpc) is 2.42. The third-order valence-electron chi connectivity index (χ3n) is 2.92. The molecule has 0 heterocycles. The first-order chi connectivity index (χ1) is 8.78. The molecule has 2 nitrogen and oxygen atoms in total. The smallest absolute Gasteiger partial charge is 0.127 e. The van der Waals surface area contributed by atoms with E-state index in [0.29, 0.717) is 0 Å². The lowest BCUT2D eigenvalue weighted by Gasteiger charge is -2.10. The lowest BCUT2D eigenvalue weighted by molar-refractivity contribution is 0.482. The van der Waals surface area contributed by atoms with Gasteiger partial charge in [0.1, 0.15) is 11.5 Å². The summed E-state index contributed by atoms with van der Waals surface area (Å²) in [5.41, 5.74) is 7.19. The lowest BCUT2D eigenvalue weighted by Crippen LogP contribution is -2.21. The number of ether oxygens (including phenoxy) is 1. The van der Waals surface area contributed by atoms with Crippen molar-refractivity contribution in [3.63, 3.8) is 0 Å². The Hall–Kier alpha value is -1.51. The minimum absolute atomic E-state index is 0. The van der Waals surface area contributed by atoms with Gasteiger partial charge in [0.05, 0.1) is 0 Å². The summed E-state index contributed by atoms with van der Waals surface area (Å²) in [6.45, 7) is 2.11. The van der Waals surface area contributed by atoms with E-state index in [1.165, 1.54) is 5.56 Å².